The molecule has 27 heavy (non-hydrogen) atoms. The monoisotopic (exact) mass is 372 g/mol. The van der Waals surface area contributed by atoms with E-state index in [1.165, 1.54) is 6.07 Å². The fourth-order valence-electron chi connectivity index (χ4n) is 3.32. The Balaban J connectivity index is 1.68. The normalized spacial score (nSPS) is 15.6. The fourth-order valence-corrected chi connectivity index (χ4v) is 3.32. The fraction of sp³-hybridized carbons (Fsp3) is 0.286. The van der Waals surface area contributed by atoms with E-state index in [1.54, 1.807) is 0 Å². The number of carbonyl (C=O) groups is 1. The van der Waals surface area contributed by atoms with Crippen molar-refractivity contribution in [2.45, 2.75) is 25.3 Å². The van der Waals surface area contributed by atoms with E-state index >= 15 is 0 Å². The van der Waals surface area contributed by atoms with Gasteiger partial charge in [0.1, 0.15) is 0 Å². The quantitative estimate of drug-likeness (QED) is 0.240. The van der Waals surface area contributed by atoms with Crippen LogP contribution in [0.15, 0.2) is 15.7 Å². The lowest BCUT2D eigenvalue weighted by Crippen LogP contribution is -2.36. The smallest absolute Gasteiger partial charge is 0.314 e. The van der Waals surface area contributed by atoms with Crippen LogP contribution in [0.1, 0.15) is 17.0 Å². The van der Waals surface area contributed by atoms with Crippen molar-refractivity contribution in [3.05, 3.63) is 53.8 Å². The number of fused-ring (bicyclic) bond motifs is 3. The largest absolute Gasteiger partial charge is 0.352 e. The van der Waals surface area contributed by atoms with E-state index in [1.807, 2.05) is 0 Å². The molecule has 2 heterocycles. The summed E-state index contributed by atoms with van der Waals surface area (Å²) < 4.78 is 0. The van der Waals surface area contributed by atoms with Gasteiger partial charge in [0.15, 0.2) is 5.82 Å². The van der Waals surface area contributed by atoms with Crippen LogP contribution in [0.5, 0.6) is 0 Å². The first kappa shape index (κ1) is 16.6. The molecule has 0 aliphatic heterocycles. The van der Waals surface area contributed by atoms with Crippen molar-refractivity contribution in [2.24, 2.45) is 0 Å². The molecule has 1 aromatic carbocycles. The van der Waals surface area contributed by atoms with Crippen LogP contribution >= 0.6 is 0 Å². The Morgan fingerprint density at radius 1 is 1.26 bits per heavy atom. The number of benzene rings is 1. The number of tetrazole rings is 1. The highest BCUT2D eigenvalue weighted by molar-refractivity contribution is 5.84. The predicted molar refractivity (Wildman–Crippen MR) is 89.1 cm³/mol. The zero-order valence-corrected chi connectivity index (χ0v) is 13.6. The number of nitro groups is 1. The average molecular weight is 372 g/mol. The van der Waals surface area contributed by atoms with E-state index < -0.39 is 22.1 Å². The van der Waals surface area contributed by atoms with Gasteiger partial charge in [0, 0.05) is 24.1 Å². The second kappa shape index (κ2) is 6.12. The van der Waals surface area contributed by atoms with Gasteiger partial charge in [-0.15, -0.1) is 10.2 Å². The molecular weight excluding hydrogens is 360 g/mol. The number of nitrogens with zero attached hydrogens (tertiary/aromatic N) is 4. The van der Waals surface area contributed by atoms with Gasteiger partial charge in [0.05, 0.1) is 22.4 Å². The van der Waals surface area contributed by atoms with Crippen molar-refractivity contribution in [2.75, 3.05) is 0 Å². The molecule has 1 aliphatic carbocycles. The highest BCUT2D eigenvalue weighted by Crippen LogP contribution is 2.35. The maximum Gasteiger partial charge on any atom is 0.314 e. The van der Waals surface area contributed by atoms with Crippen molar-refractivity contribution < 1.29 is 9.72 Å². The summed E-state index contributed by atoms with van der Waals surface area (Å²) in [4.78, 5) is 51.0. The lowest BCUT2D eigenvalue weighted by molar-refractivity contribution is -0.385. The van der Waals surface area contributed by atoms with Gasteiger partial charge in [-0.2, -0.15) is 5.21 Å². The third-order valence-corrected chi connectivity index (χ3v) is 4.39. The molecule has 0 fully saturated rings. The van der Waals surface area contributed by atoms with E-state index in [0.717, 1.165) is 0 Å². The van der Waals surface area contributed by atoms with Crippen molar-refractivity contribution in [3.63, 3.8) is 0 Å². The van der Waals surface area contributed by atoms with Gasteiger partial charge in [0.2, 0.25) is 5.91 Å². The lowest BCUT2D eigenvalue weighted by Gasteiger charge is -2.10. The van der Waals surface area contributed by atoms with Crippen molar-refractivity contribution >= 4 is 22.6 Å². The Morgan fingerprint density at radius 3 is 2.70 bits per heavy atom. The first-order valence-corrected chi connectivity index (χ1v) is 7.89. The molecule has 2 aromatic heterocycles. The summed E-state index contributed by atoms with van der Waals surface area (Å²) in [5, 5.41) is 27.2. The van der Waals surface area contributed by atoms with E-state index in [0.29, 0.717) is 16.6 Å². The molecule has 0 radical (unpaired) electrons. The summed E-state index contributed by atoms with van der Waals surface area (Å²) in [6.07, 6.45) is 0.407. The summed E-state index contributed by atoms with van der Waals surface area (Å²) >= 11 is 0. The van der Waals surface area contributed by atoms with Gasteiger partial charge in [-0.25, -0.2) is 0 Å². The minimum Gasteiger partial charge on any atom is -0.352 e. The van der Waals surface area contributed by atoms with E-state index in [-0.39, 0.29) is 42.2 Å². The van der Waals surface area contributed by atoms with Gasteiger partial charge in [0.25, 0.3) is 5.69 Å². The molecule has 3 aromatic rings. The second-order valence-corrected chi connectivity index (χ2v) is 6.12. The third kappa shape index (κ3) is 2.94. The molecule has 0 saturated heterocycles. The van der Waals surface area contributed by atoms with Crippen LogP contribution in [-0.2, 0) is 24.1 Å². The lowest BCUT2D eigenvalue weighted by atomic mass is 10.1. The van der Waals surface area contributed by atoms with Crippen molar-refractivity contribution in [3.8, 4) is 0 Å². The van der Waals surface area contributed by atoms with Gasteiger partial charge >= 0.3 is 11.1 Å². The minimum atomic E-state index is -0.889. The van der Waals surface area contributed by atoms with E-state index in [4.69, 9.17) is 0 Å². The molecular formula is C14H12N8O5. The first-order valence-electron chi connectivity index (χ1n) is 7.89. The minimum absolute atomic E-state index is 0.0870. The first-order chi connectivity index (χ1) is 12.9. The van der Waals surface area contributed by atoms with Crippen LogP contribution in [0, 0.1) is 10.1 Å². The Kier molecular flexibility index (Phi) is 3.75. The van der Waals surface area contributed by atoms with Crippen LogP contribution in [-0.4, -0.2) is 47.5 Å². The standard InChI is InChI=1S/C14H12N8O5/c23-11(4-10-18-20-21-19-10)15-5-1-6-7(2-5)12-8(3-9(6)22(26)27)16-13(24)14(25)17-12/h3,5H,1-2,4H2,(H,15,23)(H,16,24)(H,17,25)(H,18,19,20,21). The van der Waals surface area contributed by atoms with Crippen LogP contribution in [0.3, 0.4) is 0 Å². The summed E-state index contributed by atoms with van der Waals surface area (Å²) in [6, 6.07) is 0.814. The topological polar surface area (TPSA) is 192 Å². The zero-order valence-electron chi connectivity index (χ0n) is 13.6. The summed E-state index contributed by atoms with van der Waals surface area (Å²) in [5.74, 6) is -0.135. The Morgan fingerprint density at radius 2 is 2.00 bits per heavy atom. The molecule has 1 aliphatic rings. The summed E-state index contributed by atoms with van der Waals surface area (Å²) in [6.45, 7) is 0. The molecule has 4 rings (SSSR count). The molecule has 1 atom stereocenters. The Labute approximate surface area is 148 Å². The number of aromatic nitrogens is 6. The van der Waals surface area contributed by atoms with Gasteiger partial charge in [-0.3, -0.25) is 24.5 Å². The summed E-state index contributed by atoms with van der Waals surface area (Å²) in [7, 11) is 0. The SMILES string of the molecule is O=C(Cc1nn[nH]n1)NC1Cc2c([N+](=O)[O-])cc3[nH]c(=O)c(=O)[nH]c3c2C1. The Hall–Kier alpha value is -3.90. The molecule has 0 spiro atoms. The second-order valence-electron chi connectivity index (χ2n) is 6.12. The number of nitro benzene ring substituents is 1. The number of amides is 1. The maximum atomic E-state index is 12.1. The number of rotatable bonds is 4. The molecule has 0 bridgehead atoms. The maximum absolute atomic E-state index is 12.1. The van der Waals surface area contributed by atoms with Crippen LogP contribution in [0.4, 0.5) is 5.69 Å². The van der Waals surface area contributed by atoms with Crippen molar-refractivity contribution in [1.29, 1.82) is 0 Å². The highest BCUT2D eigenvalue weighted by Gasteiger charge is 2.32. The number of H-pyrrole nitrogens is 3. The molecule has 0 saturated carbocycles. The Bertz CT molecular complexity index is 1180. The summed E-state index contributed by atoms with van der Waals surface area (Å²) in [5.41, 5.74) is -0.464. The van der Waals surface area contributed by atoms with Crippen molar-refractivity contribution in [1.82, 2.24) is 35.9 Å². The molecule has 1 unspecified atom stereocenters. The average Bonchev–Trinajstić information content (AvgIpc) is 3.25. The van der Waals surface area contributed by atoms with Gasteiger partial charge in [-0.1, -0.05) is 5.21 Å². The molecule has 1 amide bonds. The van der Waals surface area contributed by atoms with Gasteiger partial charge < -0.3 is 15.3 Å². The molecule has 13 nitrogen and oxygen atoms in total. The molecule has 138 valence electrons. The molecule has 4 N–H and O–H groups in total. The number of hydrogen-bond donors (Lipinski definition) is 4. The van der Waals surface area contributed by atoms with Crippen LogP contribution in [0.25, 0.3) is 11.0 Å². The zero-order chi connectivity index (χ0) is 19.1. The van der Waals surface area contributed by atoms with E-state index in [9.17, 15) is 24.5 Å². The number of aromatic amines is 3. The predicted octanol–water partition coefficient (Wildman–Crippen LogP) is -1.54. The third-order valence-electron chi connectivity index (χ3n) is 4.39. The van der Waals surface area contributed by atoms with Crippen LogP contribution < -0.4 is 16.4 Å². The van der Waals surface area contributed by atoms with Crippen LogP contribution in [0.2, 0.25) is 0 Å². The number of nitrogens with one attached hydrogen (secondary N) is 4. The molecule has 13 heteroatoms. The van der Waals surface area contributed by atoms with E-state index in [2.05, 4.69) is 35.9 Å². The number of hydrogen-bond acceptors (Lipinski definition) is 8. The number of carbonyl (C=O) groups excluding carboxylic acids is 1. The highest BCUT2D eigenvalue weighted by atomic mass is 16.6. The van der Waals surface area contributed by atoms with Gasteiger partial charge in [-0.05, 0) is 12.0 Å².